The molecule has 0 atom stereocenters. The van der Waals surface area contributed by atoms with Gasteiger partial charge in [0, 0.05) is 12.6 Å². The first-order chi connectivity index (χ1) is 12.1. The molecule has 1 aliphatic heterocycles. The van der Waals surface area contributed by atoms with Crippen LogP contribution in [-0.2, 0) is 11.2 Å². The average Bonchev–Trinajstić information content (AvgIpc) is 3.06. The van der Waals surface area contributed by atoms with Crippen LogP contribution in [0.4, 0.5) is 0 Å². The van der Waals surface area contributed by atoms with Crippen molar-refractivity contribution in [1.82, 2.24) is 5.32 Å². The number of hydrogen-bond acceptors (Lipinski definition) is 3. The summed E-state index contributed by atoms with van der Waals surface area (Å²) >= 11 is 0. The second-order valence-electron chi connectivity index (χ2n) is 6.71. The average molecular weight is 343 g/mol. The zero-order valence-corrected chi connectivity index (χ0v) is 15.3. The first-order valence-electron chi connectivity index (χ1n) is 9.14. The Morgan fingerprint density at radius 3 is 2.84 bits per heavy atom. The minimum atomic E-state index is -0.0259. The lowest BCUT2D eigenvalue weighted by molar-refractivity contribution is -0.116. The molecule has 0 fully saturated rings. The number of aryl methyl sites for hydroxylation is 1. The van der Waals surface area contributed by atoms with Crippen molar-refractivity contribution in [2.45, 2.75) is 46.0 Å². The van der Waals surface area contributed by atoms with Crippen LogP contribution >= 0.6 is 0 Å². The summed E-state index contributed by atoms with van der Waals surface area (Å²) in [5.74, 6) is 2.16. The molecule has 1 aromatic carbocycles. The highest BCUT2D eigenvalue weighted by Crippen LogP contribution is 2.32. The predicted octanol–water partition coefficient (Wildman–Crippen LogP) is 4.40. The Morgan fingerprint density at radius 1 is 1.16 bits per heavy atom. The largest absolute Gasteiger partial charge is 0.454 e. The summed E-state index contributed by atoms with van der Waals surface area (Å²) in [4.78, 5) is 11.5. The lowest BCUT2D eigenvalue weighted by Gasteiger charge is -2.03. The van der Waals surface area contributed by atoms with Gasteiger partial charge in [0.05, 0.1) is 0 Å². The highest BCUT2D eigenvalue weighted by molar-refractivity contribution is 5.87. The van der Waals surface area contributed by atoms with Crippen molar-refractivity contribution in [2.24, 2.45) is 5.92 Å². The number of unbranched alkanes of at least 4 members (excludes halogenated alkanes) is 3. The van der Waals surface area contributed by atoms with Crippen molar-refractivity contribution >= 4 is 5.91 Å². The van der Waals surface area contributed by atoms with Crippen molar-refractivity contribution in [1.29, 1.82) is 0 Å². The van der Waals surface area contributed by atoms with E-state index < -0.39 is 0 Å². The number of hydrogen-bond donors (Lipinski definition) is 1. The molecule has 0 saturated carbocycles. The number of benzene rings is 1. The molecule has 0 unspecified atom stereocenters. The van der Waals surface area contributed by atoms with Crippen molar-refractivity contribution < 1.29 is 14.3 Å². The molecular weight excluding hydrogens is 314 g/mol. The quantitative estimate of drug-likeness (QED) is 0.389. The maximum atomic E-state index is 11.5. The van der Waals surface area contributed by atoms with Gasteiger partial charge in [0.25, 0.3) is 0 Å². The van der Waals surface area contributed by atoms with Gasteiger partial charge >= 0.3 is 0 Å². The third-order valence-corrected chi connectivity index (χ3v) is 3.95. The Hall–Kier alpha value is -2.23. The second kappa shape index (κ2) is 10.6. The molecule has 4 nitrogen and oxygen atoms in total. The summed E-state index contributed by atoms with van der Waals surface area (Å²) in [6, 6.07) is 6.18. The maximum Gasteiger partial charge on any atom is 0.243 e. The molecule has 25 heavy (non-hydrogen) atoms. The van der Waals surface area contributed by atoms with E-state index >= 15 is 0 Å². The minimum Gasteiger partial charge on any atom is -0.454 e. The summed E-state index contributed by atoms with van der Waals surface area (Å²) in [5.41, 5.74) is 1.30. The van der Waals surface area contributed by atoms with E-state index in [4.69, 9.17) is 9.47 Å². The Bertz CT molecular complexity index is 605. The van der Waals surface area contributed by atoms with Crippen molar-refractivity contribution in [3.8, 4) is 11.5 Å². The highest BCUT2D eigenvalue weighted by Gasteiger charge is 2.12. The van der Waals surface area contributed by atoms with Crippen LogP contribution in [0.25, 0.3) is 0 Å². The first kappa shape index (κ1) is 19.1. The third kappa shape index (κ3) is 7.46. The highest BCUT2D eigenvalue weighted by atomic mass is 16.7. The molecule has 0 bridgehead atoms. The van der Waals surface area contributed by atoms with Crippen molar-refractivity contribution in [3.05, 3.63) is 48.1 Å². The van der Waals surface area contributed by atoms with E-state index in [1.54, 1.807) is 6.08 Å². The van der Waals surface area contributed by atoms with Crippen LogP contribution in [0.5, 0.6) is 11.5 Å². The molecule has 0 radical (unpaired) electrons. The Balaban J connectivity index is 1.52. The second-order valence-corrected chi connectivity index (χ2v) is 6.71. The fraction of sp³-hybridized carbons (Fsp3) is 0.476. The van der Waals surface area contributed by atoms with Crippen LogP contribution in [0.3, 0.4) is 0 Å². The van der Waals surface area contributed by atoms with Crippen LogP contribution in [0.2, 0.25) is 0 Å². The molecule has 1 aromatic rings. The van der Waals surface area contributed by atoms with Crippen molar-refractivity contribution in [2.75, 3.05) is 13.3 Å². The normalized spacial score (nSPS) is 13.2. The zero-order valence-electron chi connectivity index (χ0n) is 15.3. The minimum absolute atomic E-state index is 0.0259. The van der Waals surface area contributed by atoms with E-state index in [0.717, 1.165) is 37.3 Å². The monoisotopic (exact) mass is 343 g/mol. The number of ether oxygens (including phenoxy) is 2. The van der Waals surface area contributed by atoms with Crippen LogP contribution in [0, 0.1) is 5.92 Å². The molecule has 1 N–H and O–H groups in total. The number of carbonyl (C=O) groups excluding carboxylic acids is 1. The van der Waals surface area contributed by atoms with Gasteiger partial charge in [0.15, 0.2) is 11.5 Å². The van der Waals surface area contributed by atoms with E-state index in [-0.39, 0.29) is 5.91 Å². The SMILES string of the molecule is CC(C)CNC(=O)/C=C/C=C/CCCCCc1ccc2c(c1)OCO2. The van der Waals surface area contributed by atoms with E-state index in [9.17, 15) is 4.79 Å². The van der Waals surface area contributed by atoms with Crippen LogP contribution < -0.4 is 14.8 Å². The number of amides is 1. The molecule has 1 aliphatic rings. The van der Waals surface area contributed by atoms with Gasteiger partial charge in [-0.05, 0) is 49.3 Å². The van der Waals surface area contributed by atoms with Gasteiger partial charge in [0.2, 0.25) is 12.7 Å². The van der Waals surface area contributed by atoms with Crippen molar-refractivity contribution in [3.63, 3.8) is 0 Å². The summed E-state index contributed by atoms with van der Waals surface area (Å²) in [5, 5.41) is 2.86. The number of nitrogens with one attached hydrogen (secondary N) is 1. The molecule has 2 rings (SSSR count). The standard InChI is InChI=1S/C21H29NO3/c1-17(2)15-22-21(23)11-9-7-5-3-4-6-8-10-18-12-13-19-20(14-18)25-16-24-19/h5,7,9,11-14,17H,3-4,6,8,10,15-16H2,1-2H3,(H,22,23)/b7-5+,11-9+. The van der Waals surface area contributed by atoms with Gasteiger partial charge in [-0.1, -0.05) is 44.6 Å². The lowest BCUT2D eigenvalue weighted by atomic mass is 10.1. The van der Waals surface area contributed by atoms with Gasteiger partial charge in [-0.25, -0.2) is 0 Å². The predicted molar refractivity (Wildman–Crippen MR) is 101 cm³/mol. The zero-order chi connectivity index (χ0) is 17.9. The molecule has 4 heteroatoms. The van der Waals surface area contributed by atoms with E-state index in [1.807, 2.05) is 18.2 Å². The van der Waals surface area contributed by atoms with Gasteiger partial charge in [-0.15, -0.1) is 0 Å². The van der Waals surface area contributed by atoms with E-state index in [1.165, 1.54) is 18.4 Å². The summed E-state index contributed by atoms with van der Waals surface area (Å²) in [6.07, 6.45) is 13.1. The fourth-order valence-corrected chi connectivity index (χ4v) is 2.55. The number of fused-ring (bicyclic) bond motifs is 1. The Morgan fingerprint density at radius 2 is 2.00 bits per heavy atom. The van der Waals surface area contributed by atoms with Crippen LogP contribution in [-0.4, -0.2) is 19.2 Å². The summed E-state index contributed by atoms with van der Waals surface area (Å²) in [6.45, 7) is 5.21. The van der Waals surface area contributed by atoms with Gasteiger partial charge in [-0.3, -0.25) is 4.79 Å². The van der Waals surface area contributed by atoms with Gasteiger partial charge < -0.3 is 14.8 Å². The third-order valence-electron chi connectivity index (χ3n) is 3.95. The fourth-order valence-electron chi connectivity index (χ4n) is 2.55. The molecular formula is C21H29NO3. The smallest absolute Gasteiger partial charge is 0.243 e. The first-order valence-corrected chi connectivity index (χ1v) is 9.14. The molecule has 0 spiro atoms. The topological polar surface area (TPSA) is 47.6 Å². The van der Waals surface area contributed by atoms with Crippen LogP contribution in [0.15, 0.2) is 42.5 Å². The molecule has 136 valence electrons. The van der Waals surface area contributed by atoms with Gasteiger partial charge in [0.1, 0.15) is 0 Å². The number of allylic oxidation sites excluding steroid dienone is 3. The molecule has 1 amide bonds. The maximum absolute atomic E-state index is 11.5. The van der Waals surface area contributed by atoms with E-state index in [0.29, 0.717) is 12.7 Å². The lowest BCUT2D eigenvalue weighted by Crippen LogP contribution is -2.25. The number of rotatable bonds is 10. The molecule has 0 aliphatic carbocycles. The molecule has 0 saturated heterocycles. The summed E-state index contributed by atoms with van der Waals surface area (Å²) in [7, 11) is 0. The Labute approximate surface area is 150 Å². The Kier molecular flexibility index (Phi) is 8.10. The molecule has 0 aromatic heterocycles. The van der Waals surface area contributed by atoms with Crippen LogP contribution in [0.1, 0.15) is 45.1 Å². The van der Waals surface area contributed by atoms with Gasteiger partial charge in [-0.2, -0.15) is 0 Å². The summed E-state index contributed by atoms with van der Waals surface area (Å²) < 4.78 is 10.7. The number of carbonyl (C=O) groups is 1. The molecule has 1 heterocycles. The van der Waals surface area contributed by atoms with E-state index in [2.05, 4.69) is 37.4 Å².